The first kappa shape index (κ1) is 41.3. The number of hydrogen-bond acceptors (Lipinski definition) is 8. The number of amides is 4. The van der Waals surface area contributed by atoms with Gasteiger partial charge in [0.15, 0.2) is 0 Å². The molecular formula is C35H50Cl2N4O8. The standard InChI is InChI=1S/C35H48N4O8.2ClH/c1-33(2,3)46-31(42)38-21-17-36(18-22-38)29(40)44-27-13-9-25(10-14-27)35(7,8)26-11-15-28(16-12-26)45-30(41)37-19-23-39(24-20-37)32(43)47-34(4,5)6;;/h9-16H,17-24H2,1-8H3;2*1H. The molecule has 0 spiro atoms. The number of carbonyl (C=O) groups is 4. The second-order valence-corrected chi connectivity index (χ2v) is 14.3. The van der Waals surface area contributed by atoms with Crippen molar-refractivity contribution >= 4 is 49.2 Å². The first-order chi connectivity index (χ1) is 21.9. The molecule has 0 saturated carbocycles. The topological polar surface area (TPSA) is 118 Å². The molecule has 272 valence electrons. The summed E-state index contributed by atoms with van der Waals surface area (Å²) < 4.78 is 22.1. The fourth-order valence-corrected chi connectivity index (χ4v) is 5.17. The molecule has 0 atom stereocenters. The summed E-state index contributed by atoms with van der Waals surface area (Å²) in [6.45, 7) is 18.1. The second kappa shape index (κ2) is 16.7. The SMILES string of the molecule is CC(C)(C)OC(=O)N1CCN(C(=O)Oc2ccc(C(C)(C)c3ccc(OC(=O)N4CCN(C(=O)OC(C)(C)C)CC4)cc3)cc2)CC1.Cl.Cl. The molecule has 2 heterocycles. The van der Waals surface area contributed by atoms with Crippen molar-refractivity contribution in [1.29, 1.82) is 0 Å². The molecule has 0 N–H and O–H groups in total. The van der Waals surface area contributed by atoms with Crippen LogP contribution < -0.4 is 9.47 Å². The summed E-state index contributed by atoms with van der Waals surface area (Å²) in [5.41, 5.74) is 0.486. The maximum atomic E-state index is 12.8. The van der Waals surface area contributed by atoms with E-state index in [0.29, 0.717) is 63.9 Å². The van der Waals surface area contributed by atoms with Gasteiger partial charge in [0.2, 0.25) is 0 Å². The Morgan fingerprint density at radius 1 is 0.449 bits per heavy atom. The Bertz CT molecular complexity index is 1320. The van der Waals surface area contributed by atoms with Crippen LogP contribution in [-0.2, 0) is 14.9 Å². The third-order valence-corrected chi connectivity index (χ3v) is 7.94. The van der Waals surface area contributed by atoms with E-state index in [4.69, 9.17) is 18.9 Å². The highest BCUT2D eigenvalue weighted by Gasteiger charge is 2.30. The number of benzene rings is 2. The molecular weight excluding hydrogens is 675 g/mol. The number of halogens is 2. The van der Waals surface area contributed by atoms with Crippen LogP contribution in [0.5, 0.6) is 11.5 Å². The normalized spacial score (nSPS) is 15.3. The zero-order chi connectivity index (χ0) is 34.6. The largest absolute Gasteiger partial charge is 0.444 e. The smallest absolute Gasteiger partial charge is 0.415 e. The predicted molar refractivity (Wildman–Crippen MR) is 190 cm³/mol. The van der Waals surface area contributed by atoms with Gasteiger partial charge < -0.3 is 38.5 Å². The van der Waals surface area contributed by atoms with Crippen molar-refractivity contribution < 1.29 is 38.1 Å². The maximum absolute atomic E-state index is 12.8. The van der Waals surface area contributed by atoms with Crippen LogP contribution in [0.2, 0.25) is 0 Å². The quantitative estimate of drug-likeness (QED) is 0.332. The van der Waals surface area contributed by atoms with E-state index in [1.165, 1.54) is 0 Å². The zero-order valence-corrected chi connectivity index (χ0v) is 31.3. The molecule has 2 fully saturated rings. The van der Waals surface area contributed by atoms with Crippen LogP contribution >= 0.6 is 24.8 Å². The van der Waals surface area contributed by atoms with Gasteiger partial charge in [-0.2, -0.15) is 0 Å². The minimum atomic E-state index is -0.573. The summed E-state index contributed by atoms with van der Waals surface area (Å²) in [7, 11) is 0. The van der Waals surface area contributed by atoms with Crippen LogP contribution in [0.1, 0.15) is 66.5 Å². The first-order valence-corrected chi connectivity index (χ1v) is 16.0. The molecule has 2 aliphatic heterocycles. The van der Waals surface area contributed by atoms with Gasteiger partial charge in [-0.25, -0.2) is 19.2 Å². The molecule has 49 heavy (non-hydrogen) atoms. The molecule has 0 aromatic heterocycles. The summed E-state index contributed by atoms with van der Waals surface area (Å²) in [5, 5.41) is 0. The molecule has 2 aromatic carbocycles. The van der Waals surface area contributed by atoms with Gasteiger partial charge in [-0.1, -0.05) is 38.1 Å². The maximum Gasteiger partial charge on any atom is 0.415 e. The molecule has 2 aromatic rings. The molecule has 0 aliphatic carbocycles. The molecule has 0 unspecified atom stereocenters. The summed E-state index contributed by atoms with van der Waals surface area (Å²) in [5.74, 6) is 0.858. The first-order valence-electron chi connectivity index (χ1n) is 16.0. The van der Waals surface area contributed by atoms with Crippen molar-refractivity contribution in [2.75, 3.05) is 52.4 Å². The highest BCUT2D eigenvalue weighted by Crippen LogP contribution is 2.33. The van der Waals surface area contributed by atoms with Crippen LogP contribution in [0.25, 0.3) is 0 Å². The molecule has 14 heteroatoms. The highest BCUT2D eigenvalue weighted by molar-refractivity contribution is 5.85. The van der Waals surface area contributed by atoms with Crippen LogP contribution in [-0.4, -0.2) is 108 Å². The minimum Gasteiger partial charge on any atom is -0.444 e. The Morgan fingerprint density at radius 3 is 0.939 bits per heavy atom. The molecule has 0 radical (unpaired) electrons. The number of piperazine rings is 2. The van der Waals surface area contributed by atoms with Crippen LogP contribution in [0, 0.1) is 0 Å². The van der Waals surface area contributed by atoms with Gasteiger partial charge in [0.1, 0.15) is 22.7 Å². The van der Waals surface area contributed by atoms with E-state index in [0.717, 1.165) is 11.1 Å². The van der Waals surface area contributed by atoms with Gasteiger partial charge in [-0.3, -0.25) is 0 Å². The third kappa shape index (κ3) is 11.6. The predicted octanol–water partition coefficient (Wildman–Crippen LogP) is 6.96. The average molecular weight is 726 g/mol. The Kier molecular flexibility index (Phi) is 14.0. The molecule has 12 nitrogen and oxygen atoms in total. The third-order valence-electron chi connectivity index (χ3n) is 7.94. The van der Waals surface area contributed by atoms with E-state index in [2.05, 4.69) is 13.8 Å². The van der Waals surface area contributed by atoms with Crippen molar-refractivity contribution in [3.05, 3.63) is 59.7 Å². The number of rotatable bonds is 4. The molecule has 4 rings (SSSR count). The van der Waals surface area contributed by atoms with Gasteiger partial charge in [-0.05, 0) is 76.9 Å². The fourth-order valence-electron chi connectivity index (χ4n) is 5.17. The summed E-state index contributed by atoms with van der Waals surface area (Å²) >= 11 is 0. The monoisotopic (exact) mass is 724 g/mol. The van der Waals surface area contributed by atoms with Gasteiger partial charge >= 0.3 is 24.4 Å². The lowest BCUT2D eigenvalue weighted by Gasteiger charge is -2.35. The summed E-state index contributed by atoms with van der Waals surface area (Å²) in [6, 6.07) is 14.8. The highest BCUT2D eigenvalue weighted by atomic mass is 35.5. The van der Waals surface area contributed by atoms with Crippen LogP contribution in [0.4, 0.5) is 19.2 Å². The van der Waals surface area contributed by atoms with Crippen molar-refractivity contribution in [3.8, 4) is 11.5 Å². The van der Waals surface area contributed by atoms with Crippen LogP contribution in [0.15, 0.2) is 48.5 Å². The number of carbonyl (C=O) groups excluding carboxylic acids is 4. The minimum absolute atomic E-state index is 0. The van der Waals surface area contributed by atoms with E-state index < -0.39 is 23.4 Å². The molecule has 2 aliphatic rings. The lowest BCUT2D eigenvalue weighted by atomic mass is 9.78. The van der Waals surface area contributed by atoms with Crippen molar-refractivity contribution in [2.24, 2.45) is 0 Å². The Balaban J connectivity index is 0.00000417. The van der Waals surface area contributed by atoms with Crippen molar-refractivity contribution in [2.45, 2.75) is 72.0 Å². The molecule has 0 bridgehead atoms. The lowest BCUT2D eigenvalue weighted by molar-refractivity contribution is 0.0147. The van der Waals surface area contributed by atoms with E-state index >= 15 is 0 Å². The fraction of sp³-hybridized carbons (Fsp3) is 0.543. The van der Waals surface area contributed by atoms with Crippen molar-refractivity contribution in [1.82, 2.24) is 19.6 Å². The van der Waals surface area contributed by atoms with E-state index in [9.17, 15) is 19.2 Å². The number of ether oxygens (including phenoxy) is 4. The Labute approximate surface area is 301 Å². The van der Waals surface area contributed by atoms with Gasteiger partial charge in [0.05, 0.1) is 0 Å². The van der Waals surface area contributed by atoms with Crippen molar-refractivity contribution in [3.63, 3.8) is 0 Å². The number of nitrogens with zero attached hydrogens (tertiary/aromatic N) is 4. The Morgan fingerprint density at radius 2 is 0.694 bits per heavy atom. The van der Waals surface area contributed by atoms with Gasteiger partial charge in [-0.15, -0.1) is 24.8 Å². The zero-order valence-electron chi connectivity index (χ0n) is 29.6. The lowest BCUT2D eigenvalue weighted by Crippen LogP contribution is -2.52. The molecule has 4 amide bonds. The van der Waals surface area contributed by atoms with Gasteiger partial charge in [0.25, 0.3) is 0 Å². The van der Waals surface area contributed by atoms with Gasteiger partial charge in [0, 0.05) is 57.8 Å². The molecule has 2 saturated heterocycles. The van der Waals surface area contributed by atoms with E-state index in [-0.39, 0.29) is 42.4 Å². The average Bonchev–Trinajstić information content (AvgIpc) is 3.00. The Hall–Kier alpha value is -3.90. The second-order valence-electron chi connectivity index (χ2n) is 14.3. The summed E-state index contributed by atoms with van der Waals surface area (Å²) in [6.07, 6.45) is -1.69. The van der Waals surface area contributed by atoms with E-state index in [1.807, 2.05) is 65.8 Å². The summed E-state index contributed by atoms with van der Waals surface area (Å²) in [4.78, 5) is 56.5. The van der Waals surface area contributed by atoms with E-state index in [1.54, 1.807) is 43.9 Å². The van der Waals surface area contributed by atoms with Crippen LogP contribution in [0.3, 0.4) is 0 Å². The number of hydrogen-bond donors (Lipinski definition) is 0.